The minimum absolute atomic E-state index is 0.341. The Morgan fingerprint density at radius 2 is 1.90 bits per heavy atom. The van der Waals surface area contributed by atoms with Crippen LogP contribution in [0, 0.1) is 23.7 Å². The maximum atomic E-state index is 11.3. The topological polar surface area (TPSA) is 26.3 Å². The molecular weight excluding hydrogens is 260 g/mol. The van der Waals surface area contributed by atoms with Gasteiger partial charge in [-0.15, -0.1) is 0 Å². The molecule has 0 unspecified atom stereocenters. The summed E-state index contributed by atoms with van der Waals surface area (Å²) in [7, 11) is 0. The molecule has 0 radical (unpaired) electrons. The summed E-state index contributed by atoms with van der Waals surface area (Å²) in [6.45, 7) is 1.40. The van der Waals surface area contributed by atoms with Crippen LogP contribution in [0.1, 0.15) is 38.2 Å². The van der Waals surface area contributed by atoms with E-state index in [1.807, 2.05) is 36.4 Å². The molecule has 2 nitrogen and oxygen atoms in total. The van der Waals surface area contributed by atoms with Crippen LogP contribution in [0.15, 0.2) is 35.9 Å². The molecule has 1 aliphatic rings. The Morgan fingerprint density at radius 3 is 2.62 bits per heavy atom. The maximum Gasteiger partial charge on any atom is 0.304 e. The van der Waals surface area contributed by atoms with Crippen molar-refractivity contribution in [1.29, 1.82) is 0 Å². The molecule has 0 saturated heterocycles. The zero-order chi connectivity index (χ0) is 14.9. The van der Waals surface area contributed by atoms with Gasteiger partial charge in [0.05, 0.1) is 5.57 Å². The molecule has 1 atom stereocenters. The molecule has 1 aromatic carbocycles. The zero-order valence-electron chi connectivity index (χ0n) is 12.2. The van der Waals surface area contributed by atoms with Crippen LogP contribution in [-0.4, -0.2) is 12.1 Å². The number of carbonyl (C=O) groups excluding carboxylic acids is 1. The van der Waals surface area contributed by atoms with Crippen molar-refractivity contribution in [3.63, 3.8) is 0 Å². The molecule has 106 valence electrons. The Bertz CT molecular complexity index is 633. The first-order valence-electron chi connectivity index (χ1n) is 7.17. The molecule has 2 rings (SSSR count). The average molecular weight is 278 g/mol. The summed E-state index contributed by atoms with van der Waals surface area (Å²) < 4.78 is 5.32. The van der Waals surface area contributed by atoms with Gasteiger partial charge in [-0.3, -0.25) is 4.79 Å². The normalized spacial score (nSPS) is 19.7. The molecule has 0 aliphatic heterocycles. The fraction of sp³-hybridized carbons (Fsp3) is 0.316. The Labute approximate surface area is 126 Å². The molecule has 0 N–H and O–H groups in total. The maximum absolute atomic E-state index is 11.3. The summed E-state index contributed by atoms with van der Waals surface area (Å²) in [5.41, 5.74) is 1.77. The predicted molar refractivity (Wildman–Crippen MR) is 84.0 cm³/mol. The number of esters is 1. The number of carbonyl (C=O) groups is 1. The van der Waals surface area contributed by atoms with Gasteiger partial charge in [0.25, 0.3) is 0 Å². The highest BCUT2D eigenvalue weighted by Crippen LogP contribution is 2.14. The van der Waals surface area contributed by atoms with E-state index >= 15 is 0 Å². The van der Waals surface area contributed by atoms with Gasteiger partial charge in [-0.1, -0.05) is 54.0 Å². The minimum atomic E-state index is -0.576. The summed E-state index contributed by atoms with van der Waals surface area (Å²) >= 11 is 0. The quantitative estimate of drug-likeness (QED) is 0.610. The molecular formula is C19H18O2. The van der Waals surface area contributed by atoms with Crippen LogP contribution in [0.3, 0.4) is 0 Å². The van der Waals surface area contributed by atoms with Crippen molar-refractivity contribution < 1.29 is 9.53 Å². The van der Waals surface area contributed by atoms with Gasteiger partial charge in [-0.05, 0) is 24.5 Å². The van der Waals surface area contributed by atoms with Crippen molar-refractivity contribution in [1.82, 2.24) is 0 Å². The summed E-state index contributed by atoms with van der Waals surface area (Å²) in [6, 6.07) is 9.88. The van der Waals surface area contributed by atoms with Gasteiger partial charge >= 0.3 is 5.97 Å². The summed E-state index contributed by atoms with van der Waals surface area (Å²) in [4.78, 5) is 11.3. The van der Waals surface area contributed by atoms with Gasteiger partial charge in [0.2, 0.25) is 0 Å². The highest BCUT2D eigenvalue weighted by Gasteiger charge is 2.13. The van der Waals surface area contributed by atoms with Gasteiger partial charge in [0, 0.05) is 19.8 Å². The van der Waals surface area contributed by atoms with Gasteiger partial charge in [-0.25, -0.2) is 0 Å². The van der Waals surface area contributed by atoms with Crippen molar-refractivity contribution in [3.8, 4) is 23.7 Å². The zero-order valence-corrected chi connectivity index (χ0v) is 12.2. The third kappa shape index (κ3) is 5.21. The lowest BCUT2D eigenvalue weighted by molar-refractivity contribution is -0.142. The van der Waals surface area contributed by atoms with Gasteiger partial charge in [0.1, 0.15) is 0 Å². The largest absolute Gasteiger partial charge is 0.444 e. The Hall–Kier alpha value is -2.45. The van der Waals surface area contributed by atoms with Crippen molar-refractivity contribution in [2.75, 3.05) is 0 Å². The first kappa shape index (κ1) is 14.9. The Balaban J connectivity index is 2.36. The monoisotopic (exact) mass is 278 g/mol. The van der Waals surface area contributed by atoms with E-state index in [9.17, 15) is 4.79 Å². The van der Waals surface area contributed by atoms with E-state index in [1.54, 1.807) is 0 Å². The van der Waals surface area contributed by atoms with Gasteiger partial charge in [-0.2, -0.15) is 0 Å². The smallest absolute Gasteiger partial charge is 0.304 e. The minimum Gasteiger partial charge on any atom is -0.444 e. The van der Waals surface area contributed by atoms with E-state index in [2.05, 4.69) is 23.7 Å². The molecule has 0 heterocycles. The standard InChI is InChI=1S/C19H18O2/c1-16(20)21-19-14-10-5-3-2-4-9-13-18(19)15-17-11-7-6-8-12-17/h6-8,11-12,15,19H,2-5H2,1H3/b18-15+/t19-/m1/s1. The number of hydrogen-bond acceptors (Lipinski definition) is 2. The van der Waals surface area contributed by atoms with E-state index in [1.165, 1.54) is 6.92 Å². The van der Waals surface area contributed by atoms with Crippen LogP contribution in [0.4, 0.5) is 0 Å². The van der Waals surface area contributed by atoms with Crippen molar-refractivity contribution in [2.45, 2.75) is 38.7 Å². The first-order chi connectivity index (χ1) is 10.3. The van der Waals surface area contributed by atoms with Crippen LogP contribution in [0.5, 0.6) is 0 Å². The van der Waals surface area contributed by atoms with Gasteiger partial charge < -0.3 is 4.74 Å². The molecule has 21 heavy (non-hydrogen) atoms. The molecule has 0 amide bonds. The van der Waals surface area contributed by atoms with Crippen LogP contribution in [-0.2, 0) is 9.53 Å². The van der Waals surface area contributed by atoms with Crippen LogP contribution < -0.4 is 0 Å². The lowest BCUT2D eigenvalue weighted by Crippen LogP contribution is -2.16. The molecule has 0 bridgehead atoms. The van der Waals surface area contributed by atoms with Crippen LogP contribution in [0.2, 0.25) is 0 Å². The number of benzene rings is 1. The lowest BCUT2D eigenvalue weighted by atomic mass is 10.0. The summed E-state index contributed by atoms with van der Waals surface area (Å²) in [5, 5.41) is 0. The third-order valence-electron chi connectivity index (χ3n) is 3.01. The fourth-order valence-electron chi connectivity index (χ4n) is 2.00. The lowest BCUT2D eigenvalue weighted by Gasteiger charge is -2.11. The second-order valence-corrected chi connectivity index (χ2v) is 4.83. The van der Waals surface area contributed by atoms with Crippen LogP contribution in [0.25, 0.3) is 6.08 Å². The number of rotatable bonds is 2. The number of ether oxygens (including phenoxy) is 1. The third-order valence-corrected chi connectivity index (χ3v) is 3.01. The van der Waals surface area contributed by atoms with E-state index in [4.69, 9.17) is 4.74 Å². The van der Waals surface area contributed by atoms with Gasteiger partial charge in [0.15, 0.2) is 6.10 Å². The molecule has 0 aromatic heterocycles. The second-order valence-electron chi connectivity index (χ2n) is 4.83. The highest BCUT2D eigenvalue weighted by molar-refractivity contribution is 5.69. The molecule has 1 aliphatic carbocycles. The Kier molecular flexibility index (Phi) is 5.68. The molecule has 1 aromatic rings. The summed E-state index contributed by atoms with van der Waals surface area (Å²) in [6.07, 6.45) is 5.12. The van der Waals surface area contributed by atoms with E-state index in [0.717, 1.165) is 36.8 Å². The van der Waals surface area contributed by atoms with E-state index in [-0.39, 0.29) is 5.97 Å². The van der Waals surface area contributed by atoms with E-state index < -0.39 is 6.10 Å². The Morgan fingerprint density at radius 1 is 1.19 bits per heavy atom. The SMILES string of the molecule is CC(=O)O[C@@H]1C#CCCCCC#C/C1=C\c1ccccc1. The predicted octanol–water partition coefficient (Wildman–Crippen LogP) is 3.58. The second kappa shape index (κ2) is 7.98. The molecule has 0 spiro atoms. The first-order valence-corrected chi connectivity index (χ1v) is 7.17. The summed E-state index contributed by atoms with van der Waals surface area (Å²) in [5.74, 6) is 12.1. The fourth-order valence-corrected chi connectivity index (χ4v) is 2.00. The number of hydrogen-bond donors (Lipinski definition) is 0. The van der Waals surface area contributed by atoms with Crippen molar-refractivity contribution in [3.05, 3.63) is 41.5 Å². The molecule has 0 saturated carbocycles. The van der Waals surface area contributed by atoms with Crippen LogP contribution >= 0.6 is 0 Å². The highest BCUT2D eigenvalue weighted by atomic mass is 16.5. The van der Waals surface area contributed by atoms with Crippen molar-refractivity contribution >= 4 is 12.0 Å². The van der Waals surface area contributed by atoms with E-state index in [0.29, 0.717) is 0 Å². The molecule has 2 heteroatoms. The molecule has 0 fully saturated rings. The average Bonchev–Trinajstić information content (AvgIpc) is 2.48. The van der Waals surface area contributed by atoms with Crippen molar-refractivity contribution in [2.24, 2.45) is 0 Å².